The van der Waals surface area contributed by atoms with Gasteiger partial charge in [-0.15, -0.1) is 0 Å². The van der Waals surface area contributed by atoms with Gasteiger partial charge in [0.05, 0.1) is 19.5 Å². The predicted octanol–water partition coefficient (Wildman–Crippen LogP) is 2.44. The van der Waals surface area contributed by atoms with Crippen molar-refractivity contribution in [1.82, 2.24) is 19.5 Å². The zero-order valence-electron chi connectivity index (χ0n) is 14.3. The molecule has 138 valence electrons. The molecule has 0 amide bonds. The van der Waals surface area contributed by atoms with Crippen LogP contribution in [0.1, 0.15) is 5.56 Å². The number of aromatic nitrogens is 4. The number of imidazole rings is 1. The van der Waals surface area contributed by atoms with E-state index in [1.807, 2.05) is 30.3 Å². The minimum absolute atomic E-state index is 0.139. The van der Waals surface area contributed by atoms with E-state index in [1.54, 1.807) is 10.9 Å². The van der Waals surface area contributed by atoms with Gasteiger partial charge < -0.3 is 24.1 Å². The Hall–Kier alpha value is -2.32. The molecule has 0 aliphatic rings. The van der Waals surface area contributed by atoms with Crippen LogP contribution in [-0.4, -0.2) is 39.6 Å². The molecule has 2 aromatic heterocycles. The van der Waals surface area contributed by atoms with Crippen LogP contribution in [-0.2, 0) is 31.5 Å². The van der Waals surface area contributed by atoms with Gasteiger partial charge in [0.25, 0.3) is 0 Å². The Morgan fingerprint density at radius 3 is 2.77 bits per heavy atom. The molecule has 3 rings (SSSR count). The second-order valence-corrected chi connectivity index (χ2v) is 7.56. The van der Waals surface area contributed by atoms with Gasteiger partial charge in [0.15, 0.2) is 11.5 Å². The van der Waals surface area contributed by atoms with Crippen molar-refractivity contribution in [1.29, 1.82) is 0 Å². The summed E-state index contributed by atoms with van der Waals surface area (Å²) in [5.41, 5.74) is 7.83. The van der Waals surface area contributed by atoms with E-state index in [2.05, 4.69) is 15.0 Å². The summed E-state index contributed by atoms with van der Waals surface area (Å²) in [4.78, 5) is 12.2. The number of hydrogen-bond acceptors (Lipinski definition) is 8. The van der Waals surface area contributed by atoms with E-state index in [4.69, 9.17) is 19.5 Å². The molecule has 0 saturated heterocycles. The van der Waals surface area contributed by atoms with Crippen molar-refractivity contribution in [3.8, 4) is 0 Å². The van der Waals surface area contributed by atoms with E-state index in [0.717, 1.165) is 5.56 Å². The average molecular weight is 377 g/mol. The third kappa shape index (κ3) is 4.44. The normalized spacial score (nSPS) is 13.7. The van der Waals surface area contributed by atoms with Crippen molar-refractivity contribution < 1.29 is 18.3 Å². The number of benzene rings is 1. The average Bonchev–Trinajstić information content (AvgIpc) is 3.09. The van der Waals surface area contributed by atoms with E-state index in [-0.39, 0.29) is 19.6 Å². The van der Waals surface area contributed by atoms with Crippen LogP contribution in [0, 0.1) is 0 Å². The Bertz CT molecular complexity index is 902. The monoisotopic (exact) mass is 377 g/mol. The number of rotatable bonds is 9. The summed E-state index contributed by atoms with van der Waals surface area (Å²) >= 11 is 0. The van der Waals surface area contributed by atoms with Crippen molar-refractivity contribution in [2.75, 3.05) is 25.8 Å². The van der Waals surface area contributed by atoms with Crippen LogP contribution in [0.3, 0.4) is 0 Å². The van der Waals surface area contributed by atoms with Crippen molar-refractivity contribution in [2.24, 2.45) is 0 Å². The first-order valence-corrected chi connectivity index (χ1v) is 9.66. The summed E-state index contributed by atoms with van der Waals surface area (Å²) in [7, 11) is -1.98. The lowest BCUT2D eigenvalue weighted by Gasteiger charge is -2.16. The van der Waals surface area contributed by atoms with Crippen LogP contribution >= 0.6 is 7.60 Å². The standard InChI is InChI=1S/C16H20N5O4P/c1-23-26(22,25-9-13-5-3-2-4-6-13)12-24-8-7-21-11-20-14-15(17)18-10-19-16(14)21/h2-6,10-11H,7-9,12H2,1H3,(H2,17,18,19). The van der Waals surface area contributed by atoms with Crippen molar-refractivity contribution in [3.63, 3.8) is 0 Å². The lowest BCUT2D eigenvalue weighted by Crippen LogP contribution is -2.08. The molecule has 0 bridgehead atoms. The molecule has 3 aromatic rings. The summed E-state index contributed by atoms with van der Waals surface area (Å²) in [6.07, 6.45) is 2.86. The zero-order chi connectivity index (χ0) is 18.4. The van der Waals surface area contributed by atoms with Gasteiger partial charge >= 0.3 is 7.60 Å². The molecule has 0 fully saturated rings. The smallest absolute Gasteiger partial charge is 0.356 e. The number of nitrogen functional groups attached to an aromatic ring is 1. The van der Waals surface area contributed by atoms with Gasteiger partial charge in [-0.2, -0.15) is 0 Å². The number of nitrogens with zero attached hydrogens (tertiary/aromatic N) is 4. The molecule has 10 heteroatoms. The van der Waals surface area contributed by atoms with Gasteiger partial charge in [-0.05, 0) is 5.56 Å². The minimum Gasteiger partial charge on any atom is -0.382 e. The highest BCUT2D eigenvalue weighted by Gasteiger charge is 2.23. The molecule has 9 nitrogen and oxygen atoms in total. The van der Waals surface area contributed by atoms with E-state index < -0.39 is 7.60 Å². The second-order valence-electron chi connectivity index (χ2n) is 5.46. The maximum Gasteiger partial charge on any atom is 0.356 e. The number of ether oxygens (including phenoxy) is 1. The van der Waals surface area contributed by atoms with Crippen LogP contribution in [0.5, 0.6) is 0 Å². The molecule has 2 N–H and O–H groups in total. The van der Waals surface area contributed by atoms with Crippen LogP contribution < -0.4 is 5.73 Å². The van der Waals surface area contributed by atoms with Crippen molar-refractivity contribution >= 4 is 24.6 Å². The lowest BCUT2D eigenvalue weighted by atomic mass is 10.2. The first-order chi connectivity index (χ1) is 12.6. The largest absolute Gasteiger partial charge is 0.382 e. The Kier molecular flexibility index (Phi) is 5.95. The highest BCUT2D eigenvalue weighted by atomic mass is 31.2. The second kappa shape index (κ2) is 8.37. The third-order valence-electron chi connectivity index (χ3n) is 3.70. The Morgan fingerprint density at radius 2 is 2.00 bits per heavy atom. The summed E-state index contributed by atoms with van der Waals surface area (Å²) in [6.45, 7) is 0.949. The SMILES string of the molecule is COP(=O)(COCCn1cnc2c(N)ncnc21)OCc1ccccc1. The number of nitrogens with two attached hydrogens (primary N) is 1. The first kappa shape index (κ1) is 18.5. The van der Waals surface area contributed by atoms with Crippen molar-refractivity contribution in [2.45, 2.75) is 13.2 Å². The summed E-state index contributed by atoms with van der Waals surface area (Å²) in [5, 5.41) is 0. The van der Waals surface area contributed by atoms with E-state index >= 15 is 0 Å². The molecule has 1 unspecified atom stereocenters. The van der Waals surface area contributed by atoms with Crippen molar-refractivity contribution in [3.05, 3.63) is 48.5 Å². The quantitative estimate of drug-likeness (QED) is 0.447. The van der Waals surface area contributed by atoms with Crippen LogP contribution in [0.4, 0.5) is 5.82 Å². The Balaban J connectivity index is 1.50. The molecule has 1 atom stereocenters. The first-order valence-electron chi connectivity index (χ1n) is 7.93. The summed E-state index contributed by atoms with van der Waals surface area (Å²) in [5.74, 6) is 0.327. The third-order valence-corrected chi connectivity index (χ3v) is 5.28. The van der Waals surface area contributed by atoms with E-state index in [0.29, 0.717) is 23.5 Å². The highest BCUT2D eigenvalue weighted by molar-refractivity contribution is 7.53. The molecule has 0 spiro atoms. The van der Waals surface area contributed by atoms with Crippen LogP contribution in [0.2, 0.25) is 0 Å². The molecular weight excluding hydrogens is 357 g/mol. The Labute approximate surface area is 150 Å². The van der Waals surface area contributed by atoms with Gasteiger partial charge in [-0.1, -0.05) is 30.3 Å². The molecule has 0 aliphatic carbocycles. The zero-order valence-corrected chi connectivity index (χ0v) is 15.2. The van der Waals surface area contributed by atoms with E-state index in [1.165, 1.54) is 13.4 Å². The van der Waals surface area contributed by atoms with Gasteiger partial charge in [0.2, 0.25) is 0 Å². The molecule has 0 aliphatic heterocycles. The molecular formula is C16H20N5O4P. The van der Waals surface area contributed by atoms with Crippen LogP contribution in [0.15, 0.2) is 43.0 Å². The highest BCUT2D eigenvalue weighted by Crippen LogP contribution is 2.47. The van der Waals surface area contributed by atoms with Gasteiger partial charge in [-0.3, -0.25) is 4.57 Å². The Morgan fingerprint density at radius 1 is 1.19 bits per heavy atom. The summed E-state index contributed by atoms with van der Waals surface area (Å²) in [6, 6.07) is 9.45. The number of anilines is 1. The fourth-order valence-corrected chi connectivity index (χ4v) is 3.28. The topological polar surface area (TPSA) is 114 Å². The lowest BCUT2D eigenvalue weighted by molar-refractivity contribution is 0.129. The number of hydrogen-bond donors (Lipinski definition) is 1. The maximum absolute atomic E-state index is 12.5. The molecule has 0 saturated carbocycles. The van der Waals surface area contributed by atoms with E-state index in [9.17, 15) is 4.57 Å². The molecule has 0 radical (unpaired) electrons. The fourth-order valence-electron chi connectivity index (χ4n) is 2.29. The molecule has 1 aromatic carbocycles. The molecule has 26 heavy (non-hydrogen) atoms. The van der Waals surface area contributed by atoms with Gasteiger partial charge in [0.1, 0.15) is 18.2 Å². The fraction of sp³-hybridized carbons (Fsp3) is 0.312. The molecule has 2 heterocycles. The van der Waals surface area contributed by atoms with Gasteiger partial charge in [-0.25, -0.2) is 15.0 Å². The minimum atomic E-state index is -3.32. The maximum atomic E-state index is 12.5. The number of fused-ring (bicyclic) bond motifs is 1. The van der Waals surface area contributed by atoms with Gasteiger partial charge in [0, 0.05) is 13.7 Å². The van der Waals surface area contributed by atoms with Crippen LogP contribution in [0.25, 0.3) is 11.2 Å². The predicted molar refractivity (Wildman–Crippen MR) is 96.4 cm³/mol. The summed E-state index contributed by atoms with van der Waals surface area (Å²) < 4.78 is 30.3.